The van der Waals surface area contributed by atoms with Crippen molar-refractivity contribution in [2.75, 3.05) is 0 Å². The third-order valence-electron chi connectivity index (χ3n) is 3.20. The lowest BCUT2D eigenvalue weighted by Crippen LogP contribution is -2.21. The quantitative estimate of drug-likeness (QED) is 0.587. The number of rotatable bonds is 7. The summed E-state index contributed by atoms with van der Waals surface area (Å²) < 4.78 is 2.91. The third kappa shape index (κ3) is 4.26. The van der Waals surface area contributed by atoms with Gasteiger partial charge in [0.15, 0.2) is 4.77 Å². The van der Waals surface area contributed by atoms with E-state index >= 15 is 0 Å². The Bertz CT molecular complexity index is 390. The van der Waals surface area contributed by atoms with Crippen LogP contribution in [-0.2, 0) is 13.0 Å². The van der Waals surface area contributed by atoms with Crippen molar-refractivity contribution in [3.8, 4) is 0 Å². The molecule has 0 saturated carbocycles. The van der Waals surface area contributed by atoms with Gasteiger partial charge in [0.05, 0.1) is 0 Å². The molecule has 0 saturated heterocycles. The number of unbranched alkanes of at least 4 members (excludes halogenated alkanes) is 2. The van der Waals surface area contributed by atoms with Crippen molar-refractivity contribution in [3.05, 3.63) is 10.6 Å². The van der Waals surface area contributed by atoms with Crippen LogP contribution >= 0.6 is 12.2 Å². The summed E-state index contributed by atoms with van der Waals surface area (Å²) in [7, 11) is 0. The smallest absolute Gasteiger partial charge is 0.195 e. The molecule has 0 amide bonds. The number of hydrogen-bond acceptors (Lipinski definition) is 2. The number of nitrogens with one attached hydrogen (secondary N) is 1. The summed E-state index contributed by atoms with van der Waals surface area (Å²) in [4.78, 5) is 0. The average Bonchev–Trinajstić information content (AvgIpc) is 2.60. The zero-order chi connectivity index (χ0) is 12.9. The van der Waals surface area contributed by atoms with Gasteiger partial charge in [0, 0.05) is 13.0 Å². The predicted octanol–water partition coefficient (Wildman–Crippen LogP) is 4.11. The summed E-state index contributed by atoms with van der Waals surface area (Å²) in [6.45, 7) is 9.96. The average molecular weight is 255 g/mol. The number of aromatic nitrogens is 3. The van der Waals surface area contributed by atoms with Crippen LogP contribution in [0.5, 0.6) is 0 Å². The number of aromatic amines is 1. The lowest BCUT2D eigenvalue weighted by molar-refractivity contribution is 0.267. The molecule has 0 atom stereocenters. The maximum Gasteiger partial charge on any atom is 0.195 e. The highest BCUT2D eigenvalue weighted by Gasteiger charge is 2.20. The fraction of sp³-hybridized carbons (Fsp3) is 0.846. The Morgan fingerprint density at radius 1 is 1.29 bits per heavy atom. The molecule has 4 heteroatoms. The van der Waals surface area contributed by atoms with Crippen LogP contribution in [0.25, 0.3) is 0 Å². The molecule has 0 unspecified atom stereocenters. The van der Waals surface area contributed by atoms with Gasteiger partial charge in [0.25, 0.3) is 0 Å². The van der Waals surface area contributed by atoms with Gasteiger partial charge in [-0.2, -0.15) is 5.10 Å². The third-order valence-corrected chi connectivity index (χ3v) is 3.51. The zero-order valence-electron chi connectivity index (χ0n) is 11.5. The maximum absolute atomic E-state index is 5.29. The van der Waals surface area contributed by atoms with Crippen LogP contribution in [0.2, 0.25) is 0 Å². The van der Waals surface area contributed by atoms with Gasteiger partial charge < -0.3 is 4.57 Å². The molecule has 17 heavy (non-hydrogen) atoms. The molecule has 0 aliphatic rings. The van der Waals surface area contributed by atoms with Gasteiger partial charge in [-0.1, -0.05) is 47.0 Å². The van der Waals surface area contributed by atoms with E-state index in [9.17, 15) is 0 Å². The van der Waals surface area contributed by atoms with E-state index in [0.29, 0.717) is 5.41 Å². The number of nitrogens with zero attached hydrogens (tertiary/aromatic N) is 2. The van der Waals surface area contributed by atoms with Crippen molar-refractivity contribution in [1.82, 2.24) is 14.8 Å². The Hall–Kier alpha value is -0.640. The lowest BCUT2D eigenvalue weighted by Gasteiger charge is -2.25. The maximum atomic E-state index is 5.29. The molecule has 1 N–H and O–H groups in total. The Morgan fingerprint density at radius 3 is 2.59 bits per heavy atom. The monoisotopic (exact) mass is 255 g/mol. The van der Waals surface area contributed by atoms with Crippen LogP contribution < -0.4 is 0 Å². The minimum absolute atomic E-state index is 0.293. The predicted molar refractivity (Wildman–Crippen MR) is 74.7 cm³/mol. The molecule has 1 aromatic heterocycles. The van der Waals surface area contributed by atoms with E-state index in [2.05, 4.69) is 42.5 Å². The van der Waals surface area contributed by atoms with Gasteiger partial charge in [-0.15, -0.1) is 0 Å². The first-order chi connectivity index (χ1) is 8.00. The van der Waals surface area contributed by atoms with Gasteiger partial charge in [0.2, 0.25) is 0 Å². The van der Waals surface area contributed by atoms with Crippen LogP contribution in [0.4, 0.5) is 0 Å². The SMILES string of the molecule is CCCCCC(C)(C)Cn1c(CC)n[nH]c1=S. The van der Waals surface area contributed by atoms with Crippen molar-refractivity contribution in [1.29, 1.82) is 0 Å². The van der Waals surface area contributed by atoms with Crippen molar-refractivity contribution >= 4 is 12.2 Å². The minimum Gasteiger partial charge on any atom is -0.304 e. The minimum atomic E-state index is 0.293. The Kier molecular flexibility index (Phi) is 5.37. The normalized spacial score (nSPS) is 12.0. The van der Waals surface area contributed by atoms with Gasteiger partial charge >= 0.3 is 0 Å². The number of H-pyrrole nitrogens is 1. The second-order valence-electron chi connectivity index (χ2n) is 5.51. The molecule has 98 valence electrons. The first-order valence-corrected chi connectivity index (χ1v) is 7.05. The second kappa shape index (κ2) is 6.34. The molecule has 0 aliphatic heterocycles. The molecule has 0 aliphatic carbocycles. The van der Waals surface area contributed by atoms with Crippen LogP contribution in [0.15, 0.2) is 0 Å². The topological polar surface area (TPSA) is 33.6 Å². The van der Waals surface area contributed by atoms with E-state index in [1.807, 2.05) is 0 Å². The summed E-state index contributed by atoms with van der Waals surface area (Å²) in [5, 5.41) is 7.15. The Morgan fingerprint density at radius 2 is 2.00 bits per heavy atom. The first kappa shape index (κ1) is 14.4. The van der Waals surface area contributed by atoms with Crippen molar-refractivity contribution in [3.63, 3.8) is 0 Å². The Labute approximate surface area is 110 Å². The molecule has 1 rings (SSSR count). The summed E-state index contributed by atoms with van der Waals surface area (Å²) >= 11 is 5.29. The summed E-state index contributed by atoms with van der Waals surface area (Å²) in [5.41, 5.74) is 0.293. The fourth-order valence-electron chi connectivity index (χ4n) is 2.14. The Balaban J connectivity index is 2.68. The molecular formula is C13H25N3S. The second-order valence-corrected chi connectivity index (χ2v) is 5.89. The van der Waals surface area contributed by atoms with Crippen molar-refractivity contribution < 1.29 is 0 Å². The highest BCUT2D eigenvalue weighted by atomic mass is 32.1. The standard InChI is InChI=1S/C13H25N3S/c1-5-7-8-9-13(3,4)10-16-11(6-2)14-15-12(16)17/h5-10H2,1-4H3,(H,15,17). The number of hydrogen-bond donors (Lipinski definition) is 1. The van der Waals surface area contributed by atoms with Crippen LogP contribution in [0, 0.1) is 10.2 Å². The number of aryl methyl sites for hydroxylation is 1. The molecule has 0 radical (unpaired) electrons. The molecule has 1 heterocycles. The van der Waals surface area contributed by atoms with Gasteiger partial charge in [-0.25, -0.2) is 0 Å². The molecule has 0 bridgehead atoms. The summed E-state index contributed by atoms with van der Waals surface area (Å²) in [6, 6.07) is 0. The highest BCUT2D eigenvalue weighted by molar-refractivity contribution is 7.71. The molecule has 3 nitrogen and oxygen atoms in total. The van der Waals surface area contributed by atoms with E-state index < -0.39 is 0 Å². The van der Waals surface area contributed by atoms with Gasteiger partial charge in [0.1, 0.15) is 5.82 Å². The molecule has 1 aromatic rings. The van der Waals surface area contributed by atoms with Gasteiger partial charge in [-0.3, -0.25) is 5.10 Å². The zero-order valence-corrected chi connectivity index (χ0v) is 12.4. The first-order valence-electron chi connectivity index (χ1n) is 6.64. The van der Waals surface area contributed by atoms with E-state index in [1.165, 1.54) is 25.7 Å². The van der Waals surface area contributed by atoms with E-state index in [0.717, 1.165) is 23.6 Å². The highest BCUT2D eigenvalue weighted by Crippen LogP contribution is 2.26. The molecule has 0 fully saturated rings. The summed E-state index contributed by atoms with van der Waals surface area (Å²) in [5.74, 6) is 1.07. The van der Waals surface area contributed by atoms with Crippen LogP contribution in [0.1, 0.15) is 59.2 Å². The molecule has 0 aromatic carbocycles. The van der Waals surface area contributed by atoms with Crippen LogP contribution in [-0.4, -0.2) is 14.8 Å². The van der Waals surface area contributed by atoms with E-state index in [4.69, 9.17) is 12.2 Å². The van der Waals surface area contributed by atoms with Crippen molar-refractivity contribution in [2.45, 2.75) is 66.3 Å². The molecular weight excluding hydrogens is 230 g/mol. The van der Waals surface area contributed by atoms with Gasteiger partial charge in [-0.05, 0) is 24.1 Å². The van der Waals surface area contributed by atoms with Crippen molar-refractivity contribution in [2.24, 2.45) is 5.41 Å². The van der Waals surface area contributed by atoms with E-state index in [1.54, 1.807) is 0 Å². The molecule has 0 spiro atoms. The van der Waals surface area contributed by atoms with Crippen LogP contribution in [0.3, 0.4) is 0 Å². The lowest BCUT2D eigenvalue weighted by atomic mass is 9.87. The fourth-order valence-corrected chi connectivity index (χ4v) is 2.36. The summed E-state index contributed by atoms with van der Waals surface area (Å²) in [6.07, 6.45) is 6.08. The van der Waals surface area contributed by atoms with E-state index in [-0.39, 0.29) is 0 Å². The largest absolute Gasteiger partial charge is 0.304 e.